The predicted octanol–water partition coefficient (Wildman–Crippen LogP) is 3.33. The van der Waals surface area contributed by atoms with Crippen LogP contribution >= 0.6 is 0 Å². The molecule has 24 heavy (non-hydrogen) atoms. The van der Waals surface area contributed by atoms with Gasteiger partial charge in [-0.1, -0.05) is 32.9 Å². The van der Waals surface area contributed by atoms with Crippen LogP contribution in [0.4, 0.5) is 4.79 Å². The van der Waals surface area contributed by atoms with Gasteiger partial charge < -0.3 is 9.47 Å². The Morgan fingerprint density at radius 1 is 1.21 bits per heavy atom. The lowest BCUT2D eigenvalue weighted by atomic mass is 9.86. The van der Waals surface area contributed by atoms with Crippen molar-refractivity contribution in [1.29, 1.82) is 5.26 Å². The van der Waals surface area contributed by atoms with E-state index in [-0.39, 0.29) is 5.41 Å². The maximum atomic E-state index is 12.1. The molecule has 0 radical (unpaired) electrons. The second kappa shape index (κ2) is 6.36. The summed E-state index contributed by atoms with van der Waals surface area (Å²) in [7, 11) is 2.51. The molecule has 0 bridgehead atoms. The molecule has 0 N–H and O–H groups in total. The fraction of sp³-hybridized carbons (Fsp3) is 0.389. The Morgan fingerprint density at radius 3 is 2.38 bits per heavy atom. The minimum atomic E-state index is -1.11. The molecule has 126 valence electrons. The molecule has 0 aliphatic rings. The molecule has 0 saturated heterocycles. The van der Waals surface area contributed by atoms with Gasteiger partial charge in [-0.3, -0.25) is 9.36 Å². The van der Waals surface area contributed by atoms with Crippen LogP contribution in [0, 0.1) is 11.3 Å². The third-order valence-corrected chi connectivity index (χ3v) is 3.95. The number of aromatic nitrogens is 1. The average molecular weight is 328 g/mol. The first-order valence-corrected chi connectivity index (χ1v) is 7.45. The van der Waals surface area contributed by atoms with E-state index in [2.05, 4.69) is 20.8 Å². The molecule has 1 heterocycles. The van der Waals surface area contributed by atoms with Crippen molar-refractivity contribution in [2.45, 2.75) is 32.1 Å². The van der Waals surface area contributed by atoms with Crippen molar-refractivity contribution >= 4 is 23.0 Å². The summed E-state index contributed by atoms with van der Waals surface area (Å²) in [5.41, 5.74) is 1.92. The second-order valence-electron chi connectivity index (χ2n) is 6.49. The summed E-state index contributed by atoms with van der Waals surface area (Å²) in [4.78, 5) is 24.0. The van der Waals surface area contributed by atoms with Crippen LogP contribution in [0.25, 0.3) is 10.9 Å². The first kappa shape index (κ1) is 17.5. The van der Waals surface area contributed by atoms with Gasteiger partial charge in [-0.2, -0.15) is 5.26 Å². The molecule has 0 aliphatic carbocycles. The number of benzene rings is 1. The van der Waals surface area contributed by atoms with Crippen LogP contribution in [-0.2, 0) is 19.7 Å². The predicted molar refractivity (Wildman–Crippen MR) is 88.8 cm³/mol. The molecule has 2 aromatic rings. The van der Waals surface area contributed by atoms with Crippen molar-refractivity contribution in [3.63, 3.8) is 0 Å². The highest BCUT2D eigenvalue weighted by molar-refractivity contribution is 5.96. The summed E-state index contributed by atoms with van der Waals surface area (Å²) in [5, 5.41) is 10.00. The van der Waals surface area contributed by atoms with E-state index in [9.17, 15) is 14.9 Å². The number of esters is 1. The van der Waals surface area contributed by atoms with Crippen molar-refractivity contribution in [2.24, 2.45) is 0 Å². The third kappa shape index (κ3) is 2.98. The molecule has 0 aliphatic heterocycles. The SMILES string of the molecule is COC(=O)[C@H](C#N)c1cn(C(=O)OC)c2cc(C(C)(C)C)ccc12. The van der Waals surface area contributed by atoms with E-state index >= 15 is 0 Å². The van der Waals surface area contributed by atoms with Gasteiger partial charge in [0.1, 0.15) is 0 Å². The minimum absolute atomic E-state index is 0.115. The summed E-state index contributed by atoms with van der Waals surface area (Å²) >= 11 is 0. The van der Waals surface area contributed by atoms with Crippen LogP contribution in [0.15, 0.2) is 24.4 Å². The van der Waals surface area contributed by atoms with Gasteiger partial charge in [0.05, 0.1) is 25.8 Å². The molecule has 0 amide bonds. The topological polar surface area (TPSA) is 81.3 Å². The van der Waals surface area contributed by atoms with Crippen LogP contribution in [0.1, 0.15) is 37.8 Å². The largest absolute Gasteiger partial charge is 0.468 e. The maximum absolute atomic E-state index is 12.1. The molecule has 6 heteroatoms. The molecular formula is C18H20N2O4. The Labute approximate surface area is 140 Å². The number of nitrogens with zero attached hydrogens (tertiary/aromatic N) is 2. The molecule has 1 aromatic carbocycles. The van der Waals surface area contributed by atoms with Gasteiger partial charge in [-0.25, -0.2) is 4.79 Å². The van der Waals surface area contributed by atoms with E-state index in [1.165, 1.54) is 25.0 Å². The van der Waals surface area contributed by atoms with E-state index < -0.39 is 18.0 Å². The summed E-state index contributed by atoms with van der Waals surface area (Å²) in [5.74, 6) is -1.77. The first-order chi connectivity index (χ1) is 11.2. The third-order valence-electron chi connectivity index (χ3n) is 3.95. The molecule has 1 aromatic heterocycles. The van der Waals surface area contributed by atoms with Crippen LogP contribution in [-0.4, -0.2) is 30.8 Å². The zero-order chi connectivity index (χ0) is 18.1. The second-order valence-corrected chi connectivity index (χ2v) is 6.49. The van der Waals surface area contributed by atoms with E-state index in [0.717, 1.165) is 5.56 Å². The Balaban J connectivity index is 2.77. The summed E-state index contributed by atoms with van der Waals surface area (Å²) in [6.07, 6.45) is 0.882. The van der Waals surface area contributed by atoms with Gasteiger partial charge in [0.25, 0.3) is 0 Å². The number of nitriles is 1. The van der Waals surface area contributed by atoms with Crippen LogP contribution < -0.4 is 0 Å². The zero-order valence-corrected chi connectivity index (χ0v) is 14.4. The number of carbonyl (C=O) groups excluding carboxylic acids is 2. The van der Waals surface area contributed by atoms with Gasteiger partial charge in [0.2, 0.25) is 0 Å². The van der Waals surface area contributed by atoms with E-state index in [0.29, 0.717) is 16.5 Å². The molecule has 1 atom stereocenters. The van der Waals surface area contributed by atoms with E-state index in [1.807, 2.05) is 24.3 Å². The molecule has 6 nitrogen and oxygen atoms in total. The highest BCUT2D eigenvalue weighted by atomic mass is 16.5. The Bertz CT molecular complexity index is 837. The molecule has 0 spiro atoms. The van der Waals surface area contributed by atoms with Crippen LogP contribution in [0.3, 0.4) is 0 Å². The number of fused-ring (bicyclic) bond motifs is 1. The molecule has 0 unspecified atom stereocenters. The molecule has 0 fully saturated rings. The average Bonchev–Trinajstić information content (AvgIpc) is 2.92. The summed E-state index contributed by atoms with van der Waals surface area (Å²) in [6, 6.07) is 7.56. The highest BCUT2D eigenvalue weighted by Gasteiger charge is 2.27. The lowest BCUT2D eigenvalue weighted by Crippen LogP contribution is -2.13. The number of carbonyl (C=O) groups is 2. The number of methoxy groups -OCH3 is 2. The van der Waals surface area contributed by atoms with Gasteiger partial charge >= 0.3 is 12.1 Å². The fourth-order valence-corrected chi connectivity index (χ4v) is 2.57. The van der Waals surface area contributed by atoms with Crippen molar-refractivity contribution in [3.05, 3.63) is 35.5 Å². The first-order valence-electron chi connectivity index (χ1n) is 7.45. The zero-order valence-electron chi connectivity index (χ0n) is 14.4. The maximum Gasteiger partial charge on any atom is 0.418 e. The number of hydrogen-bond donors (Lipinski definition) is 0. The van der Waals surface area contributed by atoms with Crippen LogP contribution in [0.5, 0.6) is 0 Å². The standard InChI is InChI=1S/C18H20N2O4/c1-18(2,3)11-6-7-12-14(13(9-19)16(21)23-4)10-20(15(12)8-11)17(22)24-5/h6-8,10,13H,1-5H3/t13-/m1/s1. The van der Waals surface area contributed by atoms with Gasteiger partial charge in [-0.15, -0.1) is 0 Å². The smallest absolute Gasteiger partial charge is 0.418 e. The quantitative estimate of drug-likeness (QED) is 0.790. The normalized spacial score (nSPS) is 12.5. The molecular weight excluding hydrogens is 308 g/mol. The monoisotopic (exact) mass is 328 g/mol. The Hall–Kier alpha value is -2.81. The number of ether oxygens (including phenoxy) is 2. The lowest BCUT2D eigenvalue weighted by molar-refractivity contribution is -0.140. The fourth-order valence-electron chi connectivity index (χ4n) is 2.57. The van der Waals surface area contributed by atoms with Gasteiger partial charge in [-0.05, 0) is 17.0 Å². The molecule has 2 rings (SSSR count). The minimum Gasteiger partial charge on any atom is -0.468 e. The van der Waals surface area contributed by atoms with E-state index in [1.54, 1.807) is 0 Å². The Morgan fingerprint density at radius 2 is 1.88 bits per heavy atom. The lowest BCUT2D eigenvalue weighted by Gasteiger charge is -2.19. The van der Waals surface area contributed by atoms with Crippen molar-refractivity contribution in [2.75, 3.05) is 14.2 Å². The van der Waals surface area contributed by atoms with Crippen molar-refractivity contribution < 1.29 is 19.1 Å². The highest BCUT2D eigenvalue weighted by Crippen LogP contribution is 2.32. The Kier molecular flexibility index (Phi) is 4.65. The van der Waals surface area contributed by atoms with Gasteiger partial charge in [0.15, 0.2) is 5.92 Å². The van der Waals surface area contributed by atoms with E-state index in [4.69, 9.17) is 9.47 Å². The van der Waals surface area contributed by atoms with Crippen molar-refractivity contribution in [3.8, 4) is 6.07 Å². The van der Waals surface area contributed by atoms with Crippen molar-refractivity contribution in [1.82, 2.24) is 4.57 Å². The number of rotatable bonds is 2. The molecule has 0 saturated carbocycles. The summed E-state index contributed by atoms with van der Waals surface area (Å²) < 4.78 is 10.8. The summed E-state index contributed by atoms with van der Waals surface area (Å²) in [6.45, 7) is 6.19. The number of hydrogen-bond acceptors (Lipinski definition) is 5. The van der Waals surface area contributed by atoms with Crippen LogP contribution in [0.2, 0.25) is 0 Å². The van der Waals surface area contributed by atoms with Gasteiger partial charge in [0, 0.05) is 17.1 Å².